The lowest BCUT2D eigenvalue weighted by atomic mass is 9.99. The van der Waals surface area contributed by atoms with Crippen LogP contribution in [0.4, 0.5) is 0 Å². The summed E-state index contributed by atoms with van der Waals surface area (Å²) in [6.07, 6.45) is -0.161. The van der Waals surface area contributed by atoms with Gasteiger partial charge in [-0.1, -0.05) is 19.9 Å². The lowest BCUT2D eigenvalue weighted by Gasteiger charge is -2.16. The van der Waals surface area contributed by atoms with Gasteiger partial charge in [-0.3, -0.25) is 9.59 Å². The molecule has 4 heteroatoms. The quantitative estimate of drug-likeness (QED) is 0.776. The van der Waals surface area contributed by atoms with Gasteiger partial charge in [0, 0.05) is 6.42 Å². The van der Waals surface area contributed by atoms with Crippen LogP contribution >= 0.6 is 0 Å². The van der Waals surface area contributed by atoms with Crippen molar-refractivity contribution in [3.05, 3.63) is 28.8 Å². The van der Waals surface area contributed by atoms with Crippen molar-refractivity contribution in [1.29, 1.82) is 0 Å². The highest BCUT2D eigenvalue weighted by atomic mass is 16.5. The van der Waals surface area contributed by atoms with E-state index in [9.17, 15) is 9.59 Å². The zero-order valence-corrected chi connectivity index (χ0v) is 12.5. The van der Waals surface area contributed by atoms with Crippen LogP contribution in [0.2, 0.25) is 0 Å². The fraction of sp³-hybridized carbons (Fsp3) is 0.500. The van der Waals surface area contributed by atoms with Crippen LogP contribution in [0.5, 0.6) is 5.75 Å². The molecule has 0 bridgehead atoms. The summed E-state index contributed by atoms with van der Waals surface area (Å²) < 4.78 is 5.74. The molecule has 0 spiro atoms. The Morgan fingerprint density at radius 1 is 1.20 bits per heavy atom. The Morgan fingerprint density at radius 3 is 2.40 bits per heavy atom. The second kappa shape index (κ2) is 7.08. The molecule has 4 nitrogen and oxygen atoms in total. The SMILES string of the molecule is Cc1cc(C)c(OCC(C)C)c(C(=O)CCC(=O)O)c1. The number of carboxylic acids is 1. The van der Waals surface area contributed by atoms with Gasteiger partial charge in [0.2, 0.25) is 0 Å². The van der Waals surface area contributed by atoms with Crippen LogP contribution in [0.1, 0.15) is 48.2 Å². The van der Waals surface area contributed by atoms with Crippen molar-refractivity contribution in [3.8, 4) is 5.75 Å². The first kappa shape index (κ1) is 16.2. The molecule has 1 aromatic carbocycles. The number of ether oxygens (including phenoxy) is 1. The molecule has 0 heterocycles. The minimum Gasteiger partial charge on any atom is -0.492 e. The van der Waals surface area contributed by atoms with Gasteiger partial charge in [-0.25, -0.2) is 0 Å². The van der Waals surface area contributed by atoms with Gasteiger partial charge in [-0.05, 0) is 37.0 Å². The number of benzene rings is 1. The van der Waals surface area contributed by atoms with E-state index in [0.717, 1.165) is 11.1 Å². The summed E-state index contributed by atoms with van der Waals surface area (Å²) in [6, 6.07) is 3.73. The highest BCUT2D eigenvalue weighted by Gasteiger charge is 2.17. The predicted octanol–water partition coefficient (Wildman–Crippen LogP) is 3.39. The zero-order valence-electron chi connectivity index (χ0n) is 12.5. The third-order valence-corrected chi connectivity index (χ3v) is 2.85. The van der Waals surface area contributed by atoms with Gasteiger partial charge in [0.15, 0.2) is 5.78 Å². The molecule has 110 valence electrons. The first-order valence-electron chi connectivity index (χ1n) is 6.80. The molecule has 0 aliphatic carbocycles. The molecule has 1 rings (SSSR count). The Hall–Kier alpha value is -1.84. The van der Waals surface area contributed by atoms with Gasteiger partial charge in [-0.15, -0.1) is 0 Å². The van der Waals surface area contributed by atoms with Gasteiger partial charge in [-0.2, -0.15) is 0 Å². The van der Waals surface area contributed by atoms with Gasteiger partial charge in [0.05, 0.1) is 18.6 Å². The van der Waals surface area contributed by atoms with Gasteiger partial charge >= 0.3 is 5.97 Å². The number of hydrogen-bond acceptors (Lipinski definition) is 3. The maximum absolute atomic E-state index is 12.2. The second-order valence-corrected chi connectivity index (χ2v) is 5.48. The molecule has 1 N–H and O–H groups in total. The van der Waals surface area contributed by atoms with Crippen LogP contribution in [-0.2, 0) is 4.79 Å². The third kappa shape index (κ3) is 4.68. The molecule has 0 fully saturated rings. The average molecular weight is 278 g/mol. The van der Waals surface area contributed by atoms with Crippen molar-refractivity contribution >= 4 is 11.8 Å². The lowest BCUT2D eigenvalue weighted by Crippen LogP contribution is -2.11. The highest BCUT2D eigenvalue weighted by molar-refractivity contribution is 6.00. The van der Waals surface area contributed by atoms with Gasteiger partial charge in [0.25, 0.3) is 0 Å². The van der Waals surface area contributed by atoms with Crippen LogP contribution in [0, 0.1) is 19.8 Å². The lowest BCUT2D eigenvalue weighted by molar-refractivity contribution is -0.136. The molecule has 1 aromatic rings. The van der Waals surface area contributed by atoms with Crippen molar-refractivity contribution in [2.75, 3.05) is 6.61 Å². The van der Waals surface area contributed by atoms with Crippen LogP contribution < -0.4 is 4.74 Å². The summed E-state index contributed by atoms with van der Waals surface area (Å²) >= 11 is 0. The van der Waals surface area contributed by atoms with E-state index in [-0.39, 0.29) is 18.6 Å². The molecule has 0 saturated carbocycles. The summed E-state index contributed by atoms with van der Waals surface area (Å²) in [7, 11) is 0. The van der Waals surface area contributed by atoms with Crippen LogP contribution in [-0.4, -0.2) is 23.5 Å². The minimum absolute atomic E-state index is 0.00371. The first-order chi connectivity index (χ1) is 9.31. The van der Waals surface area contributed by atoms with Gasteiger partial charge < -0.3 is 9.84 Å². The number of aryl methyl sites for hydroxylation is 2. The van der Waals surface area contributed by atoms with E-state index in [0.29, 0.717) is 23.8 Å². The monoisotopic (exact) mass is 278 g/mol. The molecule has 0 amide bonds. The summed E-state index contributed by atoms with van der Waals surface area (Å²) in [5, 5.41) is 8.68. The van der Waals surface area contributed by atoms with Crippen molar-refractivity contribution in [1.82, 2.24) is 0 Å². The standard InChI is InChI=1S/C16H22O4/c1-10(2)9-20-16-12(4)7-11(3)8-13(16)14(17)5-6-15(18)19/h7-8,10H,5-6,9H2,1-4H3,(H,18,19). The van der Waals surface area contributed by atoms with Crippen molar-refractivity contribution < 1.29 is 19.4 Å². The molecule has 0 aliphatic heterocycles. The van der Waals surface area contributed by atoms with Crippen molar-refractivity contribution in [2.45, 2.75) is 40.5 Å². The molecule has 0 aliphatic rings. The third-order valence-electron chi connectivity index (χ3n) is 2.85. The van der Waals surface area contributed by atoms with E-state index < -0.39 is 5.97 Å². The fourth-order valence-electron chi connectivity index (χ4n) is 1.96. The van der Waals surface area contributed by atoms with Crippen molar-refractivity contribution in [3.63, 3.8) is 0 Å². The number of carboxylic acid groups (broad SMARTS) is 1. The smallest absolute Gasteiger partial charge is 0.303 e. The van der Waals surface area contributed by atoms with E-state index in [4.69, 9.17) is 9.84 Å². The minimum atomic E-state index is -0.965. The predicted molar refractivity (Wildman–Crippen MR) is 77.4 cm³/mol. The van der Waals surface area contributed by atoms with E-state index in [1.165, 1.54) is 0 Å². The van der Waals surface area contributed by atoms with Crippen LogP contribution in [0.3, 0.4) is 0 Å². The Kier molecular flexibility index (Phi) is 5.74. The number of rotatable bonds is 7. The molecular formula is C16H22O4. The topological polar surface area (TPSA) is 63.6 Å². The Morgan fingerprint density at radius 2 is 1.85 bits per heavy atom. The second-order valence-electron chi connectivity index (χ2n) is 5.48. The molecule has 0 unspecified atom stereocenters. The normalized spacial score (nSPS) is 10.7. The fourth-order valence-corrected chi connectivity index (χ4v) is 1.96. The molecule has 0 aromatic heterocycles. The van der Waals surface area contributed by atoms with Crippen LogP contribution in [0.15, 0.2) is 12.1 Å². The molecular weight excluding hydrogens is 256 g/mol. The Balaban J connectivity index is 3.02. The Bertz CT molecular complexity index is 503. The average Bonchev–Trinajstić information content (AvgIpc) is 2.33. The maximum Gasteiger partial charge on any atom is 0.303 e. The molecule has 0 atom stereocenters. The van der Waals surface area contributed by atoms with E-state index in [1.54, 1.807) is 6.07 Å². The summed E-state index contributed by atoms with van der Waals surface area (Å²) in [5.74, 6) is -0.206. The van der Waals surface area contributed by atoms with E-state index >= 15 is 0 Å². The molecule has 0 radical (unpaired) electrons. The van der Waals surface area contributed by atoms with Gasteiger partial charge in [0.1, 0.15) is 5.75 Å². The van der Waals surface area contributed by atoms with E-state index in [1.807, 2.05) is 33.8 Å². The van der Waals surface area contributed by atoms with Crippen molar-refractivity contribution in [2.24, 2.45) is 5.92 Å². The first-order valence-corrected chi connectivity index (χ1v) is 6.80. The largest absolute Gasteiger partial charge is 0.492 e. The number of carbonyl (C=O) groups is 2. The summed E-state index contributed by atoms with van der Waals surface area (Å²) in [6.45, 7) is 8.41. The number of Topliss-reactive ketones (excluding diaryl/α,β-unsaturated/α-hetero) is 1. The molecule has 20 heavy (non-hydrogen) atoms. The number of ketones is 1. The summed E-state index contributed by atoms with van der Waals surface area (Å²) in [4.78, 5) is 22.8. The summed E-state index contributed by atoms with van der Waals surface area (Å²) in [5.41, 5.74) is 2.37. The van der Waals surface area contributed by atoms with E-state index in [2.05, 4.69) is 0 Å². The number of carbonyl (C=O) groups excluding carboxylic acids is 1. The zero-order chi connectivity index (χ0) is 15.3. The number of hydrogen-bond donors (Lipinski definition) is 1. The molecule has 0 saturated heterocycles. The Labute approximate surface area is 119 Å². The number of aliphatic carboxylic acids is 1. The van der Waals surface area contributed by atoms with Crippen LogP contribution in [0.25, 0.3) is 0 Å². The highest BCUT2D eigenvalue weighted by Crippen LogP contribution is 2.27. The maximum atomic E-state index is 12.2.